The monoisotopic (exact) mass is 455 g/mol. The van der Waals surface area contributed by atoms with Crippen LogP contribution in [0.3, 0.4) is 0 Å². The fourth-order valence-corrected chi connectivity index (χ4v) is 0.719. The van der Waals surface area contributed by atoms with E-state index in [-0.39, 0.29) is 0 Å². The molecule has 9 heteroatoms. The number of halogens is 6. The molecule has 0 amide bonds. The predicted octanol–water partition coefficient (Wildman–Crippen LogP) is 4.10. The van der Waals surface area contributed by atoms with Gasteiger partial charge in [0.15, 0.2) is 0 Å². The van der Waals surface area contributed by atoms with Gasteiger partial charge in [0.1, 0.15) is 7.11 Å². The molecule has 0 aliphatic rings. The molecule has 0 aromatic carbocycles. The third-order valence-electron chi connectivity index (χ3n) is 1.21. The first-order valence-electron chi connectivity index (χ1n) is 3.88. The Morgan fingerprint density at radius 3 is 1.75 bits per heavy atom. The Morgan fingerprint density at radius 1 is 1.06 bits per heavy atom. The van der Waals surface area contributed by atoms with Crippen molar-refractivity contribution in [2.75, 3.05) is 7.11 Å². The van der Waals surface area contributed by atoms with Crippen LogP contribution in [0.1, 0.15) is 5.69 Å². The minimum atomic E-state index is -5.42. The molecular formula is C7H10Cl6NOSb. The quantitative estimate of drug-likeness (QED) is 0.456. The van der Waals surface area contributed by atoms with Crippen LogP contribution in [-0.4, -0.2) is 16.2 Å². The molecule has 0 bridgehead atoms. The van der Waals surface area contributed by atoms with Gasteiger partial charge in [0.2, 0.25) is 11.9 Å². The summed E-state index contributed by atoms with van der Waals surface area (Å²) in [4.78, 5) is 4.96. The molecule has 0 N–H and O–H groups in total. The van der Waals surface area contributed by atoms with Gasteiger partial charge < -0.3 is 0 Å². The average molecular weight is 459 g/mol. The summed E-state index contributed by atoms with van der Waals surface area (Å²) in [5.74, 6) is 0. The molecule has 0 radical (unpaired) electrons. The summed E-state index contributed by atoms with van der Waals surface area (Å²) in [7, 11) is 26.6. The number of pyridine rings is 1. The van der Waals surface area contributed by atoms with E-state index < -0.39 is 9.14 Å². The third-order valence-corrected chi connectivity index (χ3v) is 1.21. The third kappa shape index (κ3) is 15.5. The number of hydrogen-bond acceptors (Lipinski definition) is 1. The summed E-state index contributed by atoms with van der Waals surface area (Å²) < 4.78 is 1.71. The molecule has 1 rings (SSSR count). The summed E-state index contributed by atoms with van der Waals surface area (Å²) >= 11 is 0. The Kier molecular flexibility index (Phi) is 5.74. The summed E-state index contributed by atoms with van der Waals surface area (Å²) in [6, 6.07) is 5.89. The van der Waals surface area contributed by atoms with E-state index in [1.807, 2.05) is 31.3 Å². The van der Waals surface area contributed by atoms with Gasteiger partial charge in [-0.3, -0.25) is 4.84 Å². The van der Waals surface area contributed by atoms with Crippen LogP contribution in [0.2, 0.25) is 0 Å². The zero-order valence-electron chi connectivity index (χ0n) is 8.38. The fourth-order valence-electron chi connectivity index (χ4n) is 0.719. The molecule has 96 valence electrons. The van der Waals surface area contributed by atoms with Crippen LogP contribution in [0.25, 0.3) is 0 Å². The topological polar surface area (TPSA) is 13.1 Å². The van der Waals surface area contributed by atoms with Gasteiger partial charge in [-0.2, -0.15) is 0 Å². The van der Waals surface area contributed by atoms with Gasteiger partial charge in [-0.15, -0.1) is 0 Å². The van der Waals surface area contributed by atoms with Gasteiger partial charge in [0.25, 0.3) is 0 Å². The van der Waals surface area contributed by atoms with Gasteiger partial charge in [-0.25, -0.2) is 0 Å². The molecule has 1 aromatic heterocycles. The van der Waals surface area contributed by atoms with Crippen molar-refractivity contribution < 1.29 is 9.57 Å². The summed E-state index contributed by atoms with van der Waals surface area (Å²) in [5.41, 5.74) is 1.10. The fraction of sp³-hybridized carbons (Fsp3) is 0.286. The Balaban J connectivity index is 0.000000293. The van der Waals surface area contributed by atoms with Crippen LogP contribution >= 0.6 is 53.0 Å². The van der Waals surface area contributed by atoms with Crippen molar-refractivity contribution in [1.82, 2.24) is 0 Å². The van der Waals surface area contributed by atoms with Crippen molar-refractivity contribution in [3.05, 3.63) is 30.1 Å². The second kappa shape index (κ2) is 5.25. The molecule has 0 unspecified atom stereocenters. The Bertz CT molecular complexity index is 350. The van der Waals surface area contributed by atoms with Crippen LogP contribution in [0.5, 0.6) is 0 Å². The van der Waals surface area contributed by atoms with Crippen LogP contribution in [0, 0.1) is 6.92 Å². The SMILES string of the molecule is CO[n+]1ccccc1C.[Cl][Sb-]([Cl])([Cl])([Cl])([Cl])[Cl]. The molecule has 0 atom stereocenters. The summed E-state index contributed by atoms with van der Waals surface area (Å²) in [5, 5.41) is 0. The van der Waals surface area contributed by atoms with Crippen molar-refractivity contribution in [1.29, 1.82) is 0 Å². The number of nitrogens with zero attached hydrogens (tertiary/aromatic N) is 1. The van der Waals surface area contributed by atoms with Gasteiger partial charge in [-0.1, -0.05) is 0 Å². The van der Waals surface area contributed by atoms with E-state index in [0.717, 1.165) is 5.69 Å². The van der Waals surface area contributed by atoms with E-state index in [1.165, 1.54) is 0 Å². The molecule has 2 nitrogen and oxygen atoms in total. The molecule has 1 aromatic rings. The molecule has 0 aliphatic carbocycles. The minimum absolute atomic E-state index is 1.10. The van der Waals surface area contributed by atoms with Crippen molar-refractivity contribution in [3.8, 4) is 0 Å². The van der Waals surface area contributed by atoms with E-state index in [2.05, 4.69) is 0 Å². The maximum atomic E-state index is 5.06. The molecule has 0 aliphatic heterocycles. The van der Waals surface area contributed by atoms with Crippen molar-refractivity contribution >= 4 is 62.1 Å². The maximum absolute atomic E-state index is 5.42. The van der Waals surface area contributed by atoms with E-state index >= 15 is 0 Å². The van der Waals surface area contributed by atoms with Gasteiger partial charge in [0.05, 0.1) is 0 Å². The molecule has 0 saturated heterocycles. The standard InChI is InChI=1S/C7H10NO.6ClH.Sb/c1-7-5-3-4-6-8(7)9-2;;;;;;;/h3-6H,1-2H3;6*1H;/q+1;;;;;;;+5/p-6. The number of rotatable bonds is 1. The summed E-state index contributed by atoms with van der Waals surface area (Å²) in [6.45, 7) is 1.99. The molecule has 0 fully saturated rings. The van der Waals surface area contributed by atoms with Gasteiger partial charge in [-0.05, 0) is 6.07 Å². The molecule has 16 heavy (non-hydrogen) atoms. The predicted molar refractivity (Wildman–Crippen MR) is 74.8 cm³/mol. The van der Waals surface area contributed by atoms with Crippen LogP contribution in [0.4, 0.5) is 0 Å². The first kappa shape index (κ1) is 17.5. The second-order valence-corrected chi connectivity index (χ2v) is 59.7. The van der Waals surface area contributed by atoms with E-state index in [4.69, 9.17) is 57.8 Å². The number of aryl methyl sites for hydroxylation is 1. The van der Waals surface area contributed by atoms with Crippen LogP contribution < -0.4 is 9.57 Å². The second-order valence-electron chi connectivity index (χ2n) is 2.81. The van der Waals surface area contributed by atoms with Crippen molar-refractivity contribution in [2.24, 2.45) is 0 Å². The molecule has 0 spiro atoms. The van der Waals surface area contributed by atoms with E-state index in [9.17, 15) is 0 Å². The first-order chi connectivity index (χ1) is 6.79. The first-order valence-corrected chi connectivity index (χ1v) is 23.3. The number of hydrogen-bond donors (Lipinski definition) is 0. The van der Waals surface area contributed by atoms with E-state index in [0.29, 0.717) is 0 Å². The Labute approximate surface area is 114 Å². The van der Waals surface area contributed by atoms with Crippen LogP contribution in [0.15, 0.2) is 24.4 Å². The Morgan fingerprint density at radius 2 is 1.50 bits per heavy atom. The Hall–Kier alpha value is 1.51. The summed E-state index contributed by atoms with van der Waals surface area (Å²) in [6.07, 6.45) is 1.87. The van der Waals surface area contributed by atoms with Gasteiger partial charge in [0, 0.05) is 23.8 Å². The molecule has 1 heterocycles. The average Bonchev–Trinajstić information content (AvgIpc) is 1.99. The van der Waals surface area contributed by atoms with Crippen molar-refractivity contribution in [3.63, 3.8) is 0 Å². The van der Waals surface area contributed by atoms with Crippen LogP contribution in [-0.2, 0) is 0 Å². The zero-order chi connectivity index (χ0) is 13.1. The normalized spacial score (nSPS) is 15.2. The van der Waals surface area contributed by atoms with Gasteiger partial charge >= 0.3 is 62.1 Å². The number of aromatic nitrogens is 1. The molecule has 0 saturated carbocycles. The van der Waals surface area contributed by atoms with E-state index in [1.54, 1.807) is 11.8 Å². The zero-order valence-corrected chi connectivity index (χ0v) is 15.5. The molecular weight excluding hydrogens is 449 g/mol. The van der Waals surface area contributed by atoms with Crippen molar-refractivity contribution in [2.45, 2.75) is 6.92 Å².